The first-order valence-corrected chi connectivity index (χ1v) is 16.6. The lowest BCUT2D eigenvalue weighted by atomic mass is 9.89. The number of hydrogen-bond acceptors (Lipinski definition) is 4. The molecule has 1 N–H and O–H groups in total. The van der Waals surface area contributed by atoms with Crippen molar-refractivity contribution in [3.05, 3.63) is 99.3 Å². The van der Waals surface area contributed by atoms with Crippen molar-refractivity contribution in [2.75, 3.05) is 38.0 Å². The summed E-state index contributed by atoms with van der Waals surface area (Å²) in [6.45, 7) is 2.44. The van der Waals surface area contributed by atoms with E-state index in [0.29, 0.717) is 55.6 Å². The maximum atomic E-state index is 13.9. The number of carbonyl (C=O) groups is 3. The van der Waals surface area contributed by atoms with Crippen LogP contribution in [0.25, 0.3) is 0 Å². The van der Waals surface area contributed by atoms with E-state index in [9.17, 15) is 18.8 Å². The van der Waals surface area contributed by atoms with Crippen LogP contribution in [0.15, 0.2) is 66.7 Å². The number of likely N-dealkylation sites (tertiary alicyclic amines) is 2. The normalized spacial score (nSPS) is 18.4. The van der Waals surface area contributed by atoms with Gasteiger partial charge in [-0.3, -0.25) is 4.79 Å². The Balaban J connectivity index is 1.08. The highest BCUT2D eigenvalue weighted by atomic mass is 35.5. The fourth-order valence-electron chi connectivity index (χ4n) is 6.73. The molecule has 0 unspecified atom stereocenters. The molecule has 3 aliphatic heterocycles. The maximum absolute atomic E-state index is 13.9. The molecule has 6 rings (SSSR count). The third-order valence-corrected chi connectivity index (χ3v) is 10.1. The zero-order valence-electron chi connectivity index (χ0n) is 25.5. The highest BCUT2D eigenvalue weighted by Crippen LogP contribution is 2.30. The number of nitrogens with zero attached hydrogens (tertiary/aromatic N) is 3. The molecule has 8 nitrogen and oxygen atoms in total. The Morgan fingerprint density at radius 2 is 1.57 bits per heavy atom. The SMILES string of the molecule is O=C(O[C@H](Cc1ccc(Cl)c(Cl)c1)C(=O)N1CCC(c2ccc(F)cc2)CC1)N1CCC(N2CCc3ccccc3NC2=O)CC1. The minimum Gasteiger partial charge on any atom is -0.436 e. The van der Waals surface area contributed by atoms with Gasteiger partial charge in [-0.1, -0.05) is 59.6 Å². The molecule has 0 bridgehead atoms. The van der Waals surface area contributed by atoms with Crippen LogP contribution in [0.5, 0.6) is 0 Å². The number of para-hydroxylation sites is 1. The Morgan fingerprint density at radius 3 is 2.28 bits per heavy atom. The van der Waals surface area contributed by atoms with Crippen LogP contribution >= 0.6 is 23.2 Å². The van der Waals surface area contributed by atoms with Gasteiger partial charge in [0.2, 0.25) is 0 Å². The van der Waals surface area contributed by atoms with Crippen molar-refractivity contribution >= 4 is 46.9 Å². The molecule has 3 aromatic carbocycles. The molecule has 0 spiro atoms. The van der Waals surface area contributed by atoms with Crippen molar-refractivity contribution < 1.29 is 23.5 Å². The molecule has 2 fully saturated rings. The van der Waals surface area contributed by atoms with E-state index in [4.69, 9.17) is 27.9 Å². The van der Waals surface area contributed by atoms with Gasteiger partial charge >= 0.3 is 12.1 Å². The monoisotopic (exact) mass is 666 g/mol. The van der Waals surface area contributed by atoms with Crippen LogP contribution in [0.1, 0.15) is 48.3 Å². The molecule has 46 heavy (non-hydrogen) atoms. The second-order valence-corrected chi connectivity index (χ2v) is 13.0. The lowest BCUT2D eigenvalue weighted by molar-refractivity contribution is -0.142. The second kappa shape index (κ2) is 14.3. The van der Waals surface area contributed by atoms with Gasteiger partial charge in [-0.25, -0.2) is 14.0 Å². The molecule has 4 amide bonds. The topological polar surface area (TPSA) is 82.2 Å². The van der Waals surface area contributed by atoms with Crippen molar-refractivity contribution in [1.29, 1.82) is 0 Å². The Bertz CT molecular complexity index is 1570. The van der Waals surface area contributed by atoms with Crippen LogP contribution in [0.3, 0.4) is 0 Å². The van der Waals surface area contributed by atoms with Crippen molar-refractivity contribution in [1.82, 2.24) is 14.7 Å². The van der Waals surface area contributed by atoms with Crippen LogP contribution in [0, 0.1) is 5.82 Å². The number of carbonyl (C=O) groups excluding carboxylic acids is 3. The van der Waals surface area contributed by atoms with Gasteiger partial charge in [-0.15, -0.1) is 0 Å². The van der Waals surface area contributed by atoms with Crippen molar-refractivity contribution in [2.24, 2.45) is 0 Å². The van der Waals surface area contributed by atoms with Crippen molar-refractivity contribution in [3.8, 4) is 0 Å². The predicted molar refractivity (Wildman–Crippen MR) is 176 cm³/mol. The van der Waals surface area contributed by atoms with E-state index in [2.05, 4.69) is 5.32 Å². The minimum atomic E-state index is -1.04. The number of hydrogen-bond donors (Lipinski definition) is 1. The van der Waals surface area contributed by atoms with Crippen molar-refractivity contribution in [2.45, 2.75) is 56.6 Å². The number of benzene rings is 3. The first kappa shape index (κ1) is 32.1. The summed E-state index contributed by atoms with van der Waals surface area (Å²) in [7, 11) is 0. The van der Waals surface area contributed by atoms with E-state index in [0.717, 1.165) is 41.6 Å². The molecule has 0 radical (unpaired) electrons. The lowest BCUT2D eigenvalue weighted by Gasteiger charge is -2.38. The summed E-state index contributed by atoms with van der Waals surface area (Å²) < 4.78 is 19.4. The summed E-state index contributed by atoms with van der Waals surface area (Å²) in [5, 5.41) is 3.79. The number of nitrogens with one attached hydrogen (secondary N) is 1. The van der Waals surface area contributed by atoms with Gasteiger partial charge < -0.3 is 24.8 Å². The van der Waals surface area contributed by atoms with E-state index in [1.165, 1.54) is 12.1 Å². The van der Waals surface area contributed by atoms with Gasteiger partial charge in [0, 0.05) is 50.9 Å². The molecule has 2 saturated heterocycles. The summed E-state index contributed by atoms with van der Waals surface area (Å²) in [5.74, 6) is -0.305. The Hall–Kier alpha value is -3.82. The quantitative estimate of drug-likeness (QED) is 0.303. The van der Waals surface area contributed by atoms with Gasteiger partial charge in [-0.05, 0) is 85.0 Å². The van der Waals surface area contributed by atoms with Crippen LogP contribution in [-0.2, 0) is 22.4 Å². The molecular weight excluding hydrogens is 630 g/mol. The Labute approximate surface area is 278 Å². The smallest absolute Gasteiger partial charge is 0.410 e. The number of ether oxygens (including phenoxy) is 1. The number of anilines is 1. The molecule has 0 saturated carbocycles. The fraction of sp³-hybridized carbons (Fsp3) is 0.400. The van der Waals surface area contributed by atoms with E-state index >= 15 is 0 Å². The fourth-order valence-corrected chi connectivity index (χ4v) is 7.05. The third kappa shape index (κ3) is 7.42. The third-order valence-electron chi connectivity index (χ3n) is 9.38. The lowest BCUT2D eigenvalue weighted by Crippen LogP contribution is -2.51. The molecule has 0 aliphatic carbocycles. The van der Waals surface area contributed by atoms with Crippen LogP contribution < -0.4 is 5.32 Å². The van der Waals surface area contributed by atoms with Gasteiger partial charge in [-0.2, -0.15) is 0 Å². The van der Waals surface area contributed by atoms with E-state index in [1.807, 2.05) is 29.2 Å². The number of urea groups is 1. The first-order chi connectivity index (χ1) is 22.2. The number of halogens is 3. The second-order valence-electron chi connectivity index (χ2n) is 12.2. The van der Waals surface area contributed by atoms with Gasteiger partial charge in [0.05, 0.1) is 10.0 Å². The van der Waals surface area contributed by atoms with Gasteiger partial charge in [0.15, 0.2) is 6.10 Å². The number of piperidine rings is 2. The summed E-state index contributed by atoms with van der Waals surface area (Å²) in [5.41, 5.74) is 3.73. The number of fused-ring (bicyclic) bond motifs is 1. The van der Waals surface area contributed by atoms with E-state index in [-0.39, 0.29) is 36.1 Å². The van der Waals surface area contributed by atoms with Gasteiger partial charge in [0.1, 0.15) is 5.82 Å². The Morgan fingerprint density at radius 1 is 0.870 bits per heavy atom. The number of amides is 4. The zero-order valence-corrected chi connectivity index (χ0v) is 27.0. The van der Waals surface area contributed by atoms with E-state index in [1.54, 1.807) is 40.1 Å². The molecule has 0 aromatic heterocycles. The Kier molecular flexibility index (Phi) is 9.99. The summed E-state index contributed by atoms with van der Waals surface area (Å²) in [4.78, 5) is 45.6. The predicted octanol–water partition coefficient (Wildman–Crippen LogP) is 7.14. The highest BCUT2D eigenvalue weighted by molar-refractivity contribution is 6.42. The van der Waals surface area contributed by atoms with Crippen molar-refractivity contribution in [3.63, 3.8) is 0 Å². The van der Waals surface area contributed by atoms with Crippen LogP contribution in [0.2, 0.25) is 10.0 Å². The summed E-state index contributed by atoms with van der Waals surface area (Å²) in [6, 6.07) is 19.4. The first-order valence-electron chi connectivity index (χ1n) is 15.8. The number of rotatable bonds is 6. The van der Waals surface area contributed by atoms with Crippen LogP contribution in [0.4, 0.5) is 19.7 Å². The molecule has 1 atom stereocenters. The van der Waals surface area contributed by atoms with Crippen LogP contribution in [-0.4, -0.2) is 77.6 Å². The standard InChI is InChI=1S/C35H37Cl2FN4O4/c36-29-10-5-23(21-30(29)37)22-32(33(43)40-16-11-25(12-17-40)24-6-8-27(38)9-7-24)46-35(45)41-18-14-28(15-19-41)42-20-13-26-3-1-2-4-31(26)39-34(42)44/h1-10,21,25,28,32H,11-20,22H2,(H,39,44)/t32-/m1/s1. The highest BCUT2D eigenvalue weighted by Gasteiger charge is 2.35. The molecule has 3 heterocycles. The largest absolute Gasteiger partial charge is 0.436 e. The average molecular weight is 668 g/mol. The van der Waals surface area contributed by atoms with Gasteiger partial charge in [0.25, 0.3) is 5.91 Å². The molecule has 3 aliphatic rings. The van der Waals surface area contributed by atoms with E-state index < -0.39 is 12.2 Å². The molecule has 11 heteroatoms. The average Bonchev–Trinajstić information content (AvgIpc) is 3.24. The molecular formula is C35H37Cl2FN4O4. The summed E-state index contributed by atoms with van der Waals surface area (Å²) >= 11 is 12.4. The zero-order chi connectivity index (χ0) is 32.2. The minimum absolute atomic E-state index is 0.00518. The molecule has 242 valence electrons. The molecule has 3 aromatic rings. The maximum Gasteiger partial charge on any atom is 0.410 e. The summed E-state index contributed by atoms with van der Waals surface area (Å²) in [6.07, 6.45) is 2.01.